The summed E-state index contributed by atoms with van der Waals surface area (Å²) in [6.45, 7) is 1.36. The van der Waals surface area contributed by atoms with E-state index < -0.39 is 19.9 Å². The summed E-state index contributed by atoms with van der Waals surface area (Å²) < 4.78 is 48.8. The Balaban J connectivity index is 3.12. The highest BCUT2D eigenvalue weighted by molar-refractivity contribution is 7.93. The SMILES string of the molecule is C/C(N)=N/S(=O)(=O)/C=C/c1cccc(S(C)(=O)=O)c1. The van der Waals surface area contributed by atoms with Gasteiger partial charge in [-0.2, -0.15) is 8.42 Å². The first-order chi connectivity index (χ1) is 8.60. The van der Waals surface area contributed by atoms with Crippen molar-refractivity contribution in [2.24, 2.45) is 10.1 Å². The predicted molar refractivity (Wildman–Crippen MR) is 74.8 cm³/mol. The van der Waals surface area contributed by atoms with Gasteiger partial charge in [0.2, 0.25) is 0 Å². The van der Waals surface area contributed by atoms with Crippen molar-refractivity contribution in [3.05, 3.63) is 35.2 Å². The van der Waals surface area contributed by atoms with Crippen LogP contribution in [0.3, 0.4) is 0 Å². The van der Waals surface area contributed by atoms with Gasteiger partial charge < -0.3 is 5.73 Å². The molecule has 0 spiro atoms. The van der Waals surface area contributed by atoms with Gasteiger partial charge in [-0.25, -0.2) is 8.42 Å². The molecule has 1 aromatic carbocycles. The quantitative estimate of drug-likeness (QED) is 0.653. The molecule has 0 bridgehead atoms. The van der Waals surface area contributed by atoms with E-state index in [1.165, 1.54) is 31.2 Å². The number of sulfone groups is 1. The minimum atomic E-state index is -3.79. The normalized spacial score (nSPS) is 13.9. The number of hydrogen-bond donors (Lipinski definition) is 1. The molecule has 0 aliphatic carbocycles. The van der Waals surface area contributed by atoms with E-state index in [1.54, 1.807) is 6.07 Å². The van der Waals surface area contributed by atoms with Gasteiger partial charge in [0, 0.05) is 6.26 Å². The third-order valence-electron chi connectivity index (χ3n) is 1.99. The van der Waals surface area contributed by atoms with Crippen molar-refractivity contribution in [3.63, 3.8) is 0 Å². The standard InChI is InChI=1S/C11H14N2O4S2/c1-9(12)13-19(16,17)7-6-10-4-3-5-11(8-10)18(2,14)15/h3-8H,1-2H3,(H2,12,13)/b7-6+. The highest BCUT2D eigenvalue weighted by atomic mass is 32.2. The minimum absolute atomic E-state index is 0.0745. The molecule has 0 saturated carbocycles. The van der Waals surface area contributed by atoms with Crippen LogP contribution in [-0.2, 0) is 19.9 Å². The van der Waals surface area contributed by atoms with Crippen LogP contribution >= 0.6 is 0 Å². The molecule has 0 radical (unpaired) electrons. The Morgan fingerprint density at radius 1 is 1.26 bits per heavy atom. The van der Waals surface area contributed by atoms with Crippen molar-refractivity contribution in [1.29, 1.82) is 0 Å². The molecular weight excluding hydrogens is 288 g/mol. The summed E-state index contributed by atoms with van der Waals surface area (Å²) in [6, 6.07) is 5.92. The summed E-state index contributed by atoms with van der Waals surface area (Å²) in [5.74, 6) is -0.0745. The zero-order valence-corrected chi connectivity index (χ0v) is 12.1. The fourth-order valence-corrected chi connectivity index (χ4v) is 2.71. The largest absolute Gasteiger partial charge is 0.387 e. The van der Waals surface area contributed by atoms with Crippen LogP contribution in [0.25, 0.3) is 6.08 Å². The molecule has 1 rings (SSSR count). The molecular formula is C11H14N2O4S2. The topological polar surface area (TPSA) is 107 Å². The summed E-state index contributed by atoms with van der Waals surface area (Å²) in [5, 5.41) is 0.866. The first-order valence-electron chi connectivity index (χ1n) is 5.15. The van der Waals surface area contributed by atoms with Gasteiger partial charge in [-0.3, -0.25) is 0 Å². The van der Waals surface area contributed by atoms with E-state index in [1.807, 2.05) is 0 Å². The lowest BCUT2D eigenvalue weighted by Crippen LogP contribution is -2.08. The maximum atomic E-state index is 11.4. The van der Waals surface area contributed by atoms with Gasteiger partial charge >= 0.3 is 0 Å². The third kappa shape index (κ3) is 5.23. The van der Waals surface area contributed by atoms with E-state index in [-0.39, 0.29) is 10.7 Å². The number of nitrogens with two attached hydrogens (primary N) is 1. The van der Waals surface area contributed by atoms with Gasteiger partial charge in [-0.15, -0.1) is 4.40 Å². The highest BCUT2D eigenvalue weighted by Crippen LogP contribution is 2.13. The molecule has 0 atom stereocenters. The molecule has 2 N–H and O–H groups in total. The lowest BCUT2D eigenvalue weighted by atomic mass is 10.2. The maximum Gasteiger partial charge on any atom is 0.277 e. The molecule has 19 heavy (non-hydrogen) atoms. The zero-order valence-electron chi connectivity index (χ0n) is 10.4. The smallest absolute Gasteiger partial charge is 0.277 e. The van der Waals surface area contributed by atoms with Crippen LogP contribution in [0, 0.1) is 0 Å². The van der Waals surface area contributed by atoms with Gasteiger partial charge in [-0.1, -0.05) is 12.1 Å². The Morgan fingerprint density at radius 3 is 2.42 bits per heavy atom. The third-order valence-corrected chi connectivity index (χ3v) is 4.12. The van der Waals surface area contributed by atoms with Crippen LogP contribution < -0.4 is 5.73 Å². The molecule has 8 heteroatoms. The van der Waals surface area contributed by atoms with Gasteiger partial charge in [0.05, 0.1) is 10.3 Å². The number of sulfonamides is 1. The molecule has 6 nitrogen and oxygen atoms in total. The average molecular weight is 302 g/mol. The molecule has 104 valence electrons. The Hall–Kier alpha value is -1.67. The highest BCUT2D eigenvalue weighted by Gasteiger charge is 2.07. The van der Waals surface area contributed by atoms with Crippen molar-refractivity contribution in [2.75, 3.05) is 6.26 Å². The van der Waals surface area contributed by atoms with Crippen molar-refractivity contribution in [1.82, 2.24) is 0 Å². The van der Waals surface area contributed by atoms with Crippen molar-refractivity contribution in [3.8, 4) is 0 Å². The summed E-state index contributed by atoms with van der Waals surface area (Å²) in [6.07, 6.45) is 2.34. The number of amidine groups is 1. The van der Waals surface area contributed by atoms with Gasteiger partial charge in [0.25, 0.3) is 10.0 Å². The lowest BCUT2D eigenvalue weighted by molar-refractivity contribution is 0.601. The van der Waals surface area contributed by atoms with Crippen LogP contribution in [0.5, 0.6) is 0 Å². The zero-order chi connectivity index (χ0) is 14.7. The van der Waals surface area contributed by atoms with Crippen LogP contribution in [0.4, 0.5) is 0 Å². The van der Waals surface area contributed by atoms with E-state index in [4.69, 9.17) is 5.73 Å². The Morgan fingerprint density at radius 2 is 1.89 bits per heavy atom. The molecule has 0 saturated heterocycles. The van der Waals surface area contributed by atoms with Crippen LogP contribution in [0.1, 0.15) is 12.5 Å². The number of benzene rings is 1. The van der Waals surface area contributed by atoms with Crippen molar-refractivity contribution < 1.29 is 16.8 Å². The van der Waals surface area contributed by atoms with Gasteiger partial charge in [0.15, 0.2) is 9.84 Å². The molecule has 1 aromatic rings. The van der Waals surface area contributed by atoms with E-state index in [9.17, 15) is 16.8 Å². The summed E-state index contributed by atoms with van der Waals surface area (Å²) >= 11 is 0. The Labute approximate surface area is 112 Å². The van der Waals surface area contributed by atoms with Gasteiger partial charge in [-0.05, 0) is 30.7 Å². The molecule has 0 aliphatic heterocycles. The molecule has 0 aliphatic rings. The molecule has 0 fully saturated rings. The fraction of sp³-hybridized carbons (Fsp3) is 0.182. The first kappa shape index (κ1) is 15.4. The van der Waals surface area contributed by atoms with Crippen LogP contribution in [-0.4, -0.2) is 28.9 Å². The lowest BCUT2D eigenvalue weighted by Gasteiger charge is -1.99. The first-order valence-corrected chi connectivity index (χ1v) is 8.55. The van der Waals surface area contributed by atoms with Crippen molar-refractivity contribution >= 4 is 31.8 Å². The second-order valence-electron chi connectivity index (χ2n) is 3.90. The van der Waals surface area contributed by atoms with E-state index in [0.717, 1.165) is 11.7 Å². The van der Waals surface area contributed by atoms with Crippen LogP contribution in [0.15, 0.2) is 39.0 Å². The van der Waals surface area contributed by atoms with E-state index in [2.05, 4.69) is 4.40 Å². The second-order valence-corrected chi connectivity index (χ2v) is 7.40. The van der Waals surface area contributed by atoms with E-state index in [0.29, 0.717) is 5.56 Å². The maximum absolute atomic E-state index is 11.4. The number of rotatable bonds is 4. The predicted octanol–water partition coefficient (Wildman–Crippen LogP) is 0.768. The van der Waals surface area contributed by atoms with Crippen molar-refractivity contribution in [2.45, 2.75) is 11.8 Å². The average Bonchev–Trinajstić information content (AvgIpc) is 2.24. The number of nitrogens with zero attached hydrogens (tertiary/aromatic N) is 1. The molecule has 0 heterocycles. The summed E-state index contributed by atoms with van der Waals surface area (Å²) in [5.41, 5.74) is 5.63. The minimum Gasteiger partial charge on any atom is -0.387 e. The van der Waals surface area contributed by atoms with E-state index >= 15 is 0 Å². The molecule has 0 amide bonds. The fourth-order valence-electron chi connectivity index (χ4n) is 1.24. The monoisotopic (exact) mass is 302 g/mol. The molecule has 0 unspecified atom stereocenters. The molecule has 0 aromatic heterocycles. The van der Waals surface area contributed by atoms with Gasteiger partial charge in [0.1, 0.15) is 5.84 Å². The summed E-state index contributed by atoms with van der Waals surface area (Å²) in [7, 11) is -7.12. The Bertz CT molecular complexity index is 728. The number of hydrogen-bond acceptors (Lipinski definition) is 4. The Kier molecular flexibility index (Phi) is 4.48. The summed E-state index contributed by atoms with van der Waals surface area (Å²) in [4.78, 5) is 0.116. The second kappa shape index (κ2) is 5.54. The van der Waals surface area contributed by atoms with Crippen LogP contribution in [0.2, 0.25) is 0 Å².